The van der Waals surface area contributed by atoms with Gasteiger partial charge < -0.3 is 0 Å². The first-order valence-corrected chi connectivity index (χ1v) is 16.2. The topological polar surface area (TPSA) is 71.5 Å². The van der Waals surface area contributed by atoms with Crippen molar-refractivity contribution in [2.45, 2.75) is 50.5 Å². The molecule has 0 N–H and O–H groups in total. The maximum atomic E-state index is 14.1. The highest BCUT2D eigenvalue weighted by Gasteiger charge is 2.28. The summed E-state index contributed by atoms with van der Waals surface area (Å²) < 4.78 is 53.7. The largest absolute Gasteiger partial charge is 0.243 e. The number of sulfonamides is 1. The molecule has 0 aromatic heterocycles. The van der Waals surface area contributed by atoms with Gasteiger partial charge in [0.25, 0.3) is 0 Å². The van der Waals surface area contributed by atoms with Crippen LogP contribution >= 0.6 is 0 Å². The Labute approximate surface area is 233 Å². The Hall–Kier alpha value is -3.26. The van der Waals surface area contributed by atoms with Gasteiger partial charge in [-0.25, -0.2) is 16.8 Å². The third-order valence-corrected chi connectivity index (χ3v) is 10.1. The summed E-state index contributed by atoms with van der Waals surface area (Å²) in [5, 5.41) is 0. The summed E-state index contributed by atoms with van der Waals surface area (Å²) in [5.41, 5.74) is 7.27. The average molecular weight is 562 g/mol. The quantitative estimate of drug-likeness (QED) is 0.236. The molecule has 0 bridgehead atoms. The summed E-state index contributed by atoms with van der Waals surface area (Å²) in [4.78, 5) is 0.632. The Morgan fingerprint density at radius 3 is 1.90 bits per heavy atom. The Morgan fingerprint density at radius 1 is 0.641 bits per heavy atom. The molecule has 0 aliphatic rings. The fraction of sp³-hybridized carbons (Fsp3) is 0.250. The van der Waals surface area contributed by atoms with Crippen LogP contribution in [0.25, 0.3) is 11.1 Å². The number of sulfone groups is 1. The molecule has 0 heterocycles. The average Bonchev–Trinajstić information content (AvgIpc) is 2.85. The number of benzene rings is 4. The molecule has 0 unspecified atom stereocenters. The van der Waals surface area contributed by atoms with Crippen LogP contribution in [-0.2, 0) is 32.8 Å². The van der Waals surface area contributed by atoms with Crippen molar-refractivity contribution >= 4 is 19.9 Å². The van der Waals surface area contributed by atoms with Crippen LogP contribution in [0, 0.1) is 27.7 Å². The lowest BCUT2D eigenvalue weighted by molar-refractivity contribution is 0.409. The van der Waals surface area contributed by atoms with E-state index in [2.05, 4.69) is 6.07 Å². The zero-order chi connectivity index (χ0) is 28.4. The molecule has 5 nitrogen and oxygen atoms in total. The normalized spacial score (nSPS) is 12.2. The van der Waals surface area contributed by atoms with Gasteiger partial charge in [-0.15, -0.1) is 0 Å². The van der Waals surface area contributed by atoms with Crippen molar-refractivity contribution in [2.24, 2.45) is 0 Å². The minimum absolute atomic E-state index is 0.227. The smallest absolute Gasteiger partial charge is 0.224 e. The minimum Gasteiger partial charge on any atom is -0.224 e. The Balaban J connectivity index is 1.66. The van der Waals surface area contributed by atoms with Crippen molar-refractivity contribution in [3.8, 4) is 11.1 Å². The van der Waals surface area contributed by atoms with Crippen LogP contribution in [0.5, 0.6) is 0 Å². The molecule has 0 saturated heterocycles. The number of hydrogen-bond acceptors (Lipinski definition) is 4. The Bertz CT molecular complexity index is 1680. The molecule has 0 radical (unpaired) electrons. The first kappa shape index (κ1) is 28.7. The molecule has 4 aromatic carbocycles. The zero-order valence-corrected chi connectivity index (χ0v) is 24.7. The molecular formula is C32H35NO4S2. The molecule has 7 heteroatoms. The van der Waals surface area contributed by atoms with Gasteiger partial charge in [0, 0.05) is 19.3 Å². The highest BCUT2D eigenvalue weighted by Crippen LogP contribution is 2.28. The summed E-state index contributed by atoms with van der Waals surface area (Å²) in [6, 6.07) is 26.4. The van der Waals surface area contributed by atoms with Crippen LogP contribution < -0.4 is 0 Å². The van der Waals surface area contributed by atoms with Crippen LogP contribution in [0.3, 0.4) is 0 Å². The minimum atomic E-state index is -3.78. The van der Waals surface area contributed by atoms with Crippen LogP contribution in [0.2, 0.25) is 0 Å². The number of rotatable bonds is 9. The Kier molecular flexibility index (Phi) is 8.45. The van der Waals surface area contributed by atoms with E-state index in [0.717, 1.165) is 44.5 Å². The first-order chi connectivity index (χ1) is 18.3. The molecule has 39 heavy (non-hydrogen) atoms. The number of aryl methyl sites for hydroxylation is 4. The van der Waals surface area contributed by atoms with E-state index >= 15 is 0 Å². The molecule has 0 saturated carbocycles. The molecule has 0 aliphatic heterocycles. The fourth-order valence-corrected chi connectivity index (χ4v) is 7.53. The van der Waals surface area contributed by atoms with Crippen molar-refractivity contribution in [1.82, 2.24) is 4.31 Å². The molecule has 4 rings (SSSR count). The lowest BCUT2D eigenvalue weighted by Gasteiger charge is -2.25. The standard InChI is InChI=1S/C32H35NO4S2/c1-23-8-6-9-27(20-23)16-17-33(39(36,37)32-25(3)18-24(2)19-26(32)4)22-28-12-14-29(15-13-28)30-10-7-11-31(21-30)38(5,34)35/h6-15,18-21H,16-17,22H2,1-5H3. The highest BCUT2D eigenvalue weighted by atomic mass is 32.2. The fourth-order valence-electron chi connectivity index (χ4n) is 5.02. The molecule has 204 valence electrons. The summed E-state index contributed by atoms with van der Waals surface area (Å²) in [6.45, 7) is 8.28. The van der Waals surface area contributed by atoms with E-state index in [9.17, 15) is 16.8 Å². The van der Waals surface area contributed by atoms with E-state index in [4.69, 9.17) is 0 Å². The summed E-state index contributed by atoms with van der Waals surface area (Å²) in [7, 11) is -7.09. The lowest BCUT2D eigenvalue weighted by atomic mass is 10.0. The van der Waals surface area contributed by atoms with Crippen molar-refractivity contribution in [3.05, 3.63) is 118 Å². The van der Waals surface area contributed by atoms with Gasteiger partial charge in [0.1, 0.15) is 0 Å². The second-order valence-electron chi connectivity index (χ2n) is 10.3. The number of nitrogens with zero attached hydrogens (tertiary/aromatic N) is 1. The maximum absolute atomic E-state index is 14.1. The van der Waals surface area contributed by atoms with Gasteiger partial charge in [-0.2, -0.15) is 4.31 Å². The molecule has 4 aromatic rings. The van der Waals surface area contributed by atoms with E-state index in [1.165, 1.54) is 6.26 Å². The molecule has 0 amide bonds. The van der Waals surface area contributed by atoms with E-state index < -0.39 is 19.9 Å². The van der Waals surface area contributed by atoms with Crippen molar-refractivity contribution in [1.29, 1.82) is 0 Å². The molecular weight excluding hydrogens is 526 g/mol. The van der Waals surface area contributed by atoms with Gasteiger partial charge >= 0.3 is 0 Å². The SMILES string of the molecule is Cc1cccc(CCN(Cc2ccc(-c3cccc(S(C)(=O)=O)c3)cc2)S(=O)(=O)c2c(C)cc(C)cc2C)c1. The van der Waals surface area contributed by atoms with E-state index in [0.29, 0.717) is 17.9 Å². The van der Waals surface area contributed by atoms with Crippen molar-refractivity contribution in [2.75, 3.05) is 12.8 Å². The Morgan fingerprint density at radius 2 is 1.28 bits per heavy atom. The molecule has 0 spiro atoms. The third-order valence-electron chi connectivity index (χ3n) is 6.84. The second-order valence-corrected chi connectivity index (χ2v) is 14.2. The van der Waals surface area contributed by atoms with E-state index in [1.54, 1.807) is 22.5 Å². The van der Waals surface area contributed by atoms with Gasteiger partial charge in [-0.3, -0.25) is 0 Å². The summed E-state index contributed by atoms with van der Waals surface area (Å²) in [6.07, 6.45) is 1.79. The first-order valence-electron chi connectivity index (χ1n) is 12.9. The lowest BCUT2D eigenvalue weighted by Crippen LogP contribution is -2.33. The monoisotopic (exact) mass is 561 g/mol. The summed E-state index contributed by atoms with van der Waals surface area (Å²) >= 11 is 0. The predicted molar refractivity (Wildman–Crippen MR) is 158 cm³/mol. The van der Waals surface area contributed by atoms with Gasteiger partial charge in [0.2, 0.25) is 10.0 Å². The molecule has 0 atom stereocenters. The second kappa shape index (κ2) is 11.5. The molecule has 0 aliphatic carbocycles. The molecule has 0 fully saturated rings. The van der Waals surface area contributed by atoms with Gasteiger partial charge in [-0.1, -0.05) is 83.9 Å². The van der Waals surface area contributed by atoms with Gasteiger partial charge in [0.15, 0.2) is 9.84 Å². The third kappa shape index (κ3) is 6.85. The van der Waals surface area contributed by atoms with Gasteiger partial charge in [0.05, 0.1) is 9.79 Å². The number of hydrogen-bond donors (Lipinski definition) is 0. The zero-order valence-electron chi connectivity index (χ0n) is 23.1. The van der Waals surface area contributed by atoms with Crippen LogP contribution in [0.15, 0.2) is 94.7 Å². The van der Waals surface area contributed by atoms with E-state index in [1.807, 2.05) is 88.4 Å². The predicted octanol–water partition coefficient (Wildman–Crippen LogP) is 6.42. The highest BCUT2D eigenvalue weighted by molar-refractivity contribution is 7.90. The van der Waals surface area contributed by atoms with Crippen molar-refractivity contribution in [3.63, 3.8) is 0 Å². The van der Waals surface area contributed by atoms with Crippen LogP contribution in [-0.4, -0.2) is 33.9 Å². The summed E-state index contributed by atoms with van der Waals surface area (Å²) in [5.74, 6) is 0. The van der Waals surface area contributed by atoms with E-state index in [-0.39, 0.29) is 11.4 Å². The van der Waals surface area contributed by atoms with Gasteiger partial charge in [-0.05, 0) is 79.6 Å². The van der Waals surface area contributed by atoms with Crippen molar-refractivity contribution < 1.29 is 16.8 Å². The van der Waals surface area contributed by atoms with Crippen LogP contribution in [0.4, 0.5) is 0 Å². The maximum Gasteiger partial charge on any atom is 0.243 e. The van der Waals surface area contributed by atoms with Crippen LogP contribution in [0.1, 0.15) is 33.4 Å².